The zero-order valence-corrected chi connectivity index (χ0v) is 11.2. The summed E-state index contributed by atoms with van der Waals surface area (Å²) < 4.78 is 15.9. The summed E-state index contributed by atoms with van der Waals surface area (Å²) in [4.78, 5) is 23.9. The second kappa shape index (κ2) is 5.57. The number of hydrogen-bond acceptors (Lipinski definition) is 2. The normalized spacial score (nSPS) is 9.95. The van der Waals surface area contributed by atoms with Crippen molar-refractivity contribution in [3.8, 4) is 17.5 Å². The van der Waals surface area contributed by atoms with Gasteiger partial charge in [-0.2, -0.15) is 0 Å². The van der Waals surface area contributed by atoms with Crippen molar-refractivity contribution in [2.45, 2.75) is 20.4 Å². The van der Waals surface area contributed by atoms with Crippen LogP contribution in [-0.2, 0) is 6.54 Å². The first-order chi connectivity index (χ1) is 9.54. The SMILES string of the molecule is CC#CCn1ccn(-c2ccc(C)c(F)c2)c(=O)c1=O. The molecule has 20 heavy (non-hydrogen) atoms. The predicted octanol–water partition coefficient (Wildman–Crippen LogP) is 1.47. The van der Waals surface area contributed by atoms with Gasteiger partial charge in [-0.3, -0.25) is 18.7 Å². The molecule has 0 saturated heterocycles. The van der Waals surface area contributed by atoms with Gasteiger partial charge in [-0.25, -0.2) is 4.39 Å². The molecule has 1 heterocycles. The molecule has 0 N–H and O–H groups in total. The van der Waals surface area contributed by atoms with Gasteiger partial charge in [0, 0.05) is 12.4 Å². The topological polar surface area (TPSA) is 44.0 Å². The average Bonchev–Trinajstić information content (AvgIpc) is 2.44. The van der Waals surface area contributed by atoms with E-state index in [1.807, 2.05) is 0 Å². The predicted molar refractivity (Wildman–Crippen MR) is 74.4 cm³/mol. The van der Waals surface area contributed by atoms with E-state index in [4.69, 9.17) is 0 Å². The first kappa shape index (κ1) is 13.8. The van der Waals surface area contributed by atoms with E-state index in [1.54, 1.807) is 26.0 Å². The maximum atomic E-state index is 13.5. The molecule has 0 saturated carbocycles. The fraction of sp³-hybridized carbons (Fsp3) is 0.200. The van der Waals surface area contributed by atoms with E-state index in [0.717, 1.165) is 4.57 Å². The van der Waals surface area contributed by atoms with Crippen molar-refractivity contribution in [3.63, 3.8) is 0 Å². The van der Waals surface area contributed by atoms with Crippen LogP contribution in [-0.4, -0.2) is 9.13 Å². The molecule has 0 aliphatic carbocycles. The zero-order valence-electron chi connectivity index (χ0n) is 11.2. The van der Waals surface area contributed by atoms with Crippen LogP contribution in [0.4, 0.5) is 4.39 Å². The first-order valence-electron chi connectivity index (χ1n) is 6.03. The van der Waals surface area contributed by atoms with Crippen LogP contribution in [0.3, 0.4) is 0 Å². The monoisotopic (exact) mass is 272 g/mol. The van der Waals surface area contributed by atoms with Gasteiger partial charge >= 0.3 is 11.1 Å². The molecule has 1 aromatic heterocycles. The standard InChI is InChI=1S/C15H13FN2O2/c1-3-4-7-17-8-9-18(15(20)14(17)19)12-6-5-11(2)13(16)10-12/h5-6,8-10H,7H2,1-2H3. The molecule has 1 aromatic carbocycles. The Bertz CT molecular complexity index is 822. The number of halogens is 1. The van der Waals surface area contributed by atoms with Crippen LogP contribution >= 0.6 is 0 Å². The Hall–Kier alpha value is -2.61. The highest BCUT2D eigenvalue weighted by molar-refractivity contribution is 5.35. The van der Waals surface area contributed by atoms with Crippen molar-refractivity contribution in [3.05, 3.63) is 62.7 Å². The molecular weight excluding hydrogens is 259 g/mol. The number of aryl methyl sites for hydroxylation is 1. The second-order valence-corrected chi connectivity index (χ2v) is 4.27. The Kier molecular flexibility index (Phi) is 3.85. The van der Waals surface area contributed by atoms with Crippen LogP contribution in [0.15, 0.2) is 40.2 Å². The molecule has 5 heteroatoms. The van der Waals surface area contributed by atoms with Gasteiger partial charge in [-0.05, 0) is 31.5 Å². The Balaban J connectivity index is 2.56. The third-order valence-corrected chi connectivity index (χ3v) is 2.92. The molecule has 0 amide bonds. The molecule has 0 radical (unpaired) electrons. The van der Waals surface area contributed by atoms with Crippen molar-refractivity contribution in [1.29, 1.82) is 0 Å². The van der Waals surface area contributed by atoms with Gasteiger partial charge in [-0.15, -0.1) is 5.92 Å². The molecule has 4 nitrogen and oxygen atoms in total. The van der Waals surface area contributed by atoms with Crippen LogP contribution in [0.25, 0.3) is 5.69 Å². The lowest BCUT2D eigenvalue weighted by Crippen LogP contribution is -2.39. The summed E-state index contributed by atoms with van der Waals surface area (Å²) in [5.74, 6) is 4.95. The molecule has 0 bridgehead atoms. The van der Waals surface area contributed by atoms with Gasteiger partial charge in [0.1, 0.15) is 5.82 Å². The van der Waals surface area contributed by atoms with Crippen molar-refractivity contribution >= 4 is 0 Å². The van der Waals surface area contributed by atoms with Gasteiger partial charge < -0.3 is 0 Å². The minimum Gasteiger partial charge on any atom is -0.298 e. The molecule has 0 atom stereocenters. The third-order valence-electron chi connectivity index (χ3n) is 2.92. The molecule has 2 rings (SSSR count). The fourth-order valence-corrected chi connectivity index (χ4v) is 1.73. The quantitative estimate of drug-likeness (QED) is 0.614. The molecule has 0 fully saturated rings. The molecule has 0 spiro atoms. The van der Waals surface area contributed by atoms with Gasteiger partial charge in [0.2, 0.25) is 0 Å². The lowest BCUT2D eigenvalue weighted by molar-refractivity contribution is 0.616. The van der Waals surface area contributed by atoms with Gasteiger partial charge in [0.05, 0.1) is 12.2 Å². The van der Waals surface area contributed by atoms with Crippen molar-refractivity contribution < 1.29 is 4.39 Å². The summed E-state index contributed by atoms with van der Waals surface area (Å²) in [7, 11) is 0. The van der Waals surface area contributed by atoms with E-state index in [9.17, 15) is 14.0 Å². The molecule has 0 aliphatic heterocycles. The maximum absolute atomic E-state index is 13.5. The second-order valence-electron chi connectivity index (χ2n) is 4.27. The van der Waals surface area contributed by atoms with E-state index in [-0.39, 0.29) is 6.54 Å². The number of benzene rings is 1. The Morgan fingerprint density at radius 1 is 1.20 bits per heavy atom. The first-order valence-corrected chi connectivity index (χ1v) is 6.03. The molecule has 0 aliphatic rings. The van der Waals surface area contributed by atoms with E-state index < -0.39 is 16.9 Å². The Labute approximate surface area is 115 Å². The highest BCUT2D eigenvalue weighted by Gasteiger charge is 2.07. The smallest absolute Gasteiger partial charge is 0.298 e. The third kappa shape index (κ3) is 2.54. The highest BCUT2D eigenvalue weighted by atomic mass is 19.1. The van der Waals surface area contributed by atoms with Gasteiger partial charge in [0.15, 0.2) is 0 Å². The van der Waals surface area contributed by atoms with E-state index in [2.05, 4.69) is 11.8 Å². The van der Waals surface area contributed by atoms with E-state index in [0.29, 0.717) is 11.3 Å². The number of nitrogens with zero attached hydrogens (tertiary/aromatic N) is 2. The minimum atomic E-state index is -0.728. The van der Waals surface area contributed by atoms with Crippen LogP contribution in [0.2, 0.25) is 0 Å². The summed E-state index contributed by atoms with van der Waals surface area (Å²) >= 11 is 0. The zero-order chi connectivity index (χ0) is 14.7. The van der Waals surface area contributed by atoms with Crippen LogP contribution in [0, 0.1) is 24.6 Å². The van der Waals surface area contributed by atoms with Crippen molar-refractivity contribution in [2.75, 3.05) is 0 Å². The number of hydrogen-bond donors (Lipinski definition) is 0. The van der Waals surface area contributed by atoms with Gasteiger partial charge in [0.25, 0.3) is 0 Å². The number of rotatable bonds is 2. The Morgan fingerprint density at radius 2 is 1.95 bits per heavy atom. The van der Waals surface area contributed by atoms with Gasteiger partial charge in [-0.1, -0.05) is 12.0 Å². The summed E-state index contributed by atoms with van der Waals surface area (Å²) in [5, 5.41) is 0. The lowest BCUT2D eigenvalue weighted by Gasteiger charge is -2.08. The van der Waals surface area contributed by atoms with Crippen LogP contribution in [0.1, 0.15) is 12.5 Å². The highest BCUT2D eigenvalue weighted by Crippen LogP contribution is 2.11. The molecule has 0 unspecified atom stereocenters. The molecule has 102 valence electrons. The van der Waals surface area contributed by atoms with E-state index in [1.165, 1.54) is 23.0 Å². The average molecular weight is 272 g/mol. The van der Waals surface area contributed by atoms with Crippen LogP contribution in [0.5, 0.6) is 0 Å². The molecule has 2 aromatic rings. The maximum Gasteiger partial charge on any atom is 0.321 e. The summed E-state index contributed by atoms with van der Waals surface area (Å²) in [6.07, 6.45) is 2.90. The minimum absolute atomic E-state index is 0.160. The van der Waals surface area contributed by atoms with Crippen molar-refractivity contribution in [1.82, 2.24) is 9.13 Å². The number of aromatic nitrogens is 2. The summed E-state index contributed by atoms with van der Waals surface area (Å²) in [6, 6.07) is 4.38. The van der Waals surface area contributed by atoms with Crippen molar-refractivity contribution in [2.24, 2.45) is 0 Å². The Morgan fingerprint density at radius 3 is 2.60 bits per heavy atom. The summed E-state index contributed by atoms with van der Waals surface area (Å²) in [6.45, 7) is 3.44. The lowest BCUT2D eigenvalue weighted by atomic mass is 10.2. The summed E-state index contributed by atoms with van der Waals surface area (Å²) in [5.41, 5.74) is -0.609. The van der Waals surface area contributed by atoms with E-state index >= 15 is 0 Å². The fourth-order valence-electron chi connectivity index (χ4n) is 1.73. The molecular formula is C15H13FN2O2. The van der Waals surface area contributed by atoms with Crippen LogP contribution < -0.4 is 11.1 Å². The largest absolute Gasteiger partial charge is 0.321 e.